The van der Waals surface area contributed by atoms with Gasteiger partial charge in [-0.2, -0.15) is 13.2 Å². The van der Waals surface area contributed by atoms with Crippen LogP contribution in [0.2, 0.25) is 0 Å². The summed E-state index contributed by atoms with van der Waals surface area (Å²) in [6.07, 6.45) is -4.31. The van der Waals surface area contributed by atoms with Crippen molar-refractivity contribution in [3.05, 3.63) is 27.8 Å². The highest BCUT2D eigenvalue weighted by atomic mass is 127. The average molecular weight is 332 g/mol. The first kappa shape index (κ1) is 12.6. The van der Waals surface area contributed by atoms with Crippen LogP contribution in [0.4, 0.5) is 13.2 Å². The Morgan fingerprint density at radius 2 is 2.00 bits per heavy atom. The van der Waals surface area contributed by atoms with Gasteiger partial charge in [-0.15, -0.1) is 0 Å². The number of ether oxygens (including phenoxy) is 2. The van der Waals surface area contributed by atoms with E-state index in [0.29, 0.717) is 5.75 Å². The summed E-state index contributed by atoms with van der Waals surface area (Å²) in [5.74, 6) is 0.490. The fourth-order valence-electron chi connectivity index (χ4n) is 0.824. The van der Waals surface area contributed by atoms with Crippen LogP contribution >= 0.6 is 22.6 Å². The Kier molecular flexibility index (Phi) is 4.65. The van der Waals surface area contributed by atoms with Gasteiger partial charge >= 0.3 is 6.18 Å². The predicted octanol–water partition coefficient (Wildman–Crippen LogP) is 3.21. The molecule has 0 spiro atoms. The zero-order chi connectivity index (χ0) is 11.3. The third-order valence-electron chi connectivity index (χ3n) is 1.37. The summed E-state index contributed by atoms with van der Waals surface area (Å²) >= 11 is 2.08. The van der Waals surface area contributed by atoms with Crippen LogP contribution < -0.4 is 4.74 Å². The highest BCUT2D eigenvalue weighted by Gasteiger charge is 2.27. The molecule has 0 radical (unpaired) electrons. The maximum Gasteiger partial charge on any atom is 0.411 e. The van der Waals surface area contributed by atoms with Crippen molar-refractivity contribution in [3.63, 3.8) is 0 Å². The summed E-state index contributed by atoms with van der Waals surface area (Å²) in [5.41, 5.74) is 0. The van der Waals surface area contributed by atoms with E-state index in [2.05, 4.69) is 27.3 Å². The lowest BCUT2D eigenvalue weighted by Gasteiger charge is -2.09. The van der Waals surface area contributed by atoms with Gasteiger partial charge in [0.2, 0.25) is 0 Å². The lowest BCUT2D eigenvalue weighted by atomic mass is 10.3. The zero-order valence-corrected chi connectivity index (χ0v) is 9.71. The monoisotopic (exact) mass is 332 g/mol. The molecule has 1 aromatic rings. The number of benzene rings is 1. The van der Waals surface area contributed by atoms with Crippen LogP contribution in [-0.2, 0) is 4.74 Å². The van der Waals surface area contributed by atoms with Gasteiger partial charge in [-0.3, -0.25) is 0 Å². The summed E-state index contributed by atoms with van der Waals surface area (Å²) in [6.45, 7) is -1.70. The molecular weight excluding hydrogens is 324 g/mol. The molecule has 2 nitrogen and oxygen atoms in total. The highest BCUT2D eigenvalue weighted by Crippen LogP contribution is 2.16. The standard InChI is InChI=1S/C9H8F3IO2/c10-9(11,12)5-14-6-15-8-3-1-2-7(13)4-8/h1-4H,5-6H2. The van der Waals surface area contributed by atoms with Gasteiger partial charge in [0.25, 0.3) is 0 Å². The number of hydrogen-bond donors (Lipinski definition) is 0. The van der Waals surface area contributed by atoms with E-state index < -0.39 is 19.6 Å². The molecule has 1 rings (SSSR count). The first-order chi connectivity index (χ1) is 6.97. The fourth-order valence-corrected chi connectivity index (χ4v) is 1.34. The van der Waals surface area contributed by atoms with Crippen LogP contribution in [0.5, 0.6) is 5.75 Å². The molecule has 0 N–H and O–H groups in total. The van der Waals surface area contributed by atoms with Gasteiger partial charge in [-0.1, -0.05) is 6.07 Å². The van der Waals surface area contributed by atoms with Crippen LogP contribution in [0.3, 0.4) is 0 Å². The maximum absolute atomic E-state index is 11.7. The number of alkyl halides is 3. The number of hydrogen-bond acceptors (Lipinski definition) is 2. The molecule has 0 bridgehead atoms. The van der Waals surface area contributed by atoms with Crippen LogP contribution in [0.25, 0.3) is 0 Å². The number of rotatable bonds is 4. The van der Waals surface area contributed by atoms with Crippen molar-refractivity contribution >= 4 is 22.6 Å². The molecule has 15 heavy (non-hydrogen) atoms. The zero-order valence-electron chi connectivity index (χ0n) is 7.55. The SMILES string of the molecule is FC(F)(F)COCOc1cccc(I)c1. The lowest BCUT2D eigenvalue weighted by Crippen LogP contribution is -2.19. The summed E-state index contributed by atoms with van der Waals surface area (Å²) in [4.78, 5) is 0. The molecule has 0 fully saturated rings. The van der Waals surface area contributed by atoms with E-state index in [-0.39, 0.29) is 0 Å². The van der Waals surface area contributed by atoms with Crippen LogP contribution in [-0.4, -0.2) is 19.6 Å². The maximum atomic E-state index is 11.7. The summed E-state index contributed by atoms with van der Waals surface area (Å²) < 4.78 is 45.2. The van der Waals surface area contributed by atoms with Gasteiger partial charge in [0.1, 0.15) is 12.4 Å². The first-order valence-electron chi connectivity index (χ1n) is 4.00. The van der Waals surface area contributed by atoms with E-state index >= 15 is 0 Å². The Morgan fingerprint density at radius 1 is 1.27 bits per heavy atom. The second kappa shape index (κ2) is 5.55. The summed E-state index contributed by atoms with van der Waals surface area (Å²) in [5, 5.41) is 0. The molecule has 0 aliphatic carbocycles. The second-order valence-corrected chi connectivity index (χ2v) is 3.93. The molecule has 0 unspecified atom stereocenters. The minimum absolute atomic E-state index is 0.403. The summed E-state index contributed by atoms with van der Waals surface area (Å²) in [6, 6.07) is 6.96. The Morgan fingerprint density at radius 3 is 2.60 bits per heavy atom. The van der Waals surface area contributed by atoms with E-state index in [1.54, 1.807) is 18.2 Å². The molecule has 0 aromatic heterocycles. The Balaban J connectivity index is 2.26. The van der Waals surface area contributed by atoms with Gasteiger partial charge in [0, 0.05) is 3.57 Å². The molecule has 0 saturated carbocycles. The summed E-state index contributed by atoms with van der Waals surface area (Å²) in [7, 11) is 0. The van der Waals surface area contributed by atoms with Gasteiger partial charge in [0.15, 0.2) is 6.79 Å². The molecule has 0 heterocycles. The quantitative estimate of drug-likeness (QED) is 0.479. The Bertz CT molecular complexity index is 314. The topological polar surface area (TPSA) is 18.5 Å². The minimum Gasteiger partial charge on any atom is -0.468 e. The molecular formula is C9H8F3IO2. The van der Waals surface area contributed by atoms with Gasteiger partial charge < -0.3 is 9.47 Å². The van der Waals surface area contributed by atoms with E-state index in [0.717, 1.165) is 3.57 Å². The average Bonchev–Trinajstić information content (AvgIpc) is 2.11. The minimum atomic E-state index is -4.31. The van der Waals surface area contributed by atoms with Crippen molar-refractivity contribution in [2.45, 2.75) is 6.18 Å². The van der Waals surface area contributed by atoms with Crippen molar-refractivity contribution < 1.29 is 22.6 Å². The third-order valence-corrected chi connectivity index (χ3v) is 2.04. The van der Waals surface area contributed by atoms with Crippen molar-refractivity contribution in [3.8, 4) is 5.75 Å². The Hall–Kier alpha value is -0.500. The molecule has 6 heteroatoms. The lowest BCUT2D eigenvalue weighted by molar-refractivity contribution is -0.186. The van der Waals surface area contributed by atoms with Gasteiger partial charge in [-0.25, -0.2) is 0 Å². The molecule has 84 valence electrons. The molecule has 1 aromatic carbocycles. The first-order valence-corrected chi connectivity index (χ1v) is 5.08. The largest absolute Gasteiger partial charge is 0.468 e. The van der Waals surface area contributed by atoms with Gasteiger partial charge in [-0.05, 0) is 40.8 Å². The number of halogens is 4. The Labute approximate surface area is 98.5 Å². The molecule has 0 atom stereocenters. The van der Waals surface area contributed by atoms with E-state index in [4.69, 9.17) is 4.74 Å². The molecule has 0 amide bonds. The third kappa shape index (κ3) is 5.83. The highest BCUT2D eigenvalue weighted by molar-refractivity contribution is 14.1. The van der Waals surface area contributed by atoms with Crippen molar-refractivity contribution in [1.82, 2.24) is 0 Å². The van der Waals surface area contributed by atoms with Crippen molar-refractivity contribution in [2.24, 2.45) is 0 Å². The smallest absolute Gasteiger partial charge is 0.411 e. The van der Waals surface area contributed by atoms with Crippen LogP contribution in [0.1, 0.15) is 0 Å². The van der Waals surface area contributed by atoms with Crippen LogP contribution in [0.15, 0.2) is 24.3 Å². The van der Waals surface area contributed by atoms with Gasteiger partial charge in [0.05, 0.1) is 0 Å². The van der Waals surface area contributed by atoms with Crippen molar-refractivity contribution in [1.29, 1.82) is 0 Å². The second-order valence-electron chi connectivity index (χ2n) is 2.68. The molecule has 0 aliphatic rings. The van der Waals surface area contributed by atoms with E-state index in [1.165, 1.54) is 0 Å². The predicted molar refractivity (Wildman–Crippen MR) is 56.7 cm³/mol. The normalized spacial score (nSPS) is 11.5. The van der Waals surface area contributed by atoms with Crippen LogP contribution in [0, 0.1) is 3.57 Å². The molecule has 0 saturated heterocycles. The fraction of sp³-hybridized carbons (Fsp3) is 0.333. The van der Waals surface area contributed by atoms with Crippen molar-refractivity contribution in [2.75, 3.05) is 13.4 Å². The van der Waals surface area contributed by atoms with E-state index in [1.807, 2.05) is 6.07 Å². The molecule has 0 aliphatic heterocycles. The van der Waals surface area contributed by atoms with E-state index in [9.17, 15) is 13.2 Å².